The first-order valence-corrected chi connectivity index (χ1v) is 9.85. The summed E-state index contributed by atoms with van der Waals surface area (Å²) in [7, 11) is 0. The van der Waals surface area contributed by atoms with Crippen molar-refractivity contribution in [3.63, 3.8) is 0 Å². The van der Waals surface area contributed by atoms with Gasteiger partial charge in [0.1, 0.15) is 6.54 Å². The molecule has 1 amide bonds. The van der Waals surface area contributed by atoms with Gasteiger partial charge in [-0.1, -0.05) is 17.7 Å². The number of anilines is 1. The number of hydrogen-bond acceptors (Lipinski definition) is 5. The SMILES string of the molecule is Cc1ccc(NC(=O)Cn2cccc3c(=O)n(Cc4ccncc4)c(=O)nc2-3)cc1Cl. The van der Waals surface area contributed by atoms with Gasteiger partial charge in [0.15, 0.2) is 5.82 Å². The number of pyridine rings is 2. The second-order valence-corrected chi connectivity index (χ2v) is 7.43. The highest BCUT2D eigenvalue weighted by molar-refractivity contribution is 6.31. The average Bonchev–Trinajstić information content (AvgIpc) is 2.75. The molecule has 156 valence electrons. The zero-order chi connectivity index (χ0) is 22.0. The van der Waals surface area contributed by atoms with Gasteiger partial charge in [-0.15, -0.1) is 0 Å². The highest BCUT2D eigenvalue weighted by atomic mass is 35.5. The molecule has 2 aliphatic rings. The first-order valence-electron chi connectivity index (χ1n) is 9.47. The molecule has 1 N–H and O–H groups in total. The Kier molecular flexibility index (Phi) is 5.64. The number of carbonyl (C=O) groups is 1. The number of amides is 1. The third-order valence-electron chi connectivity index (χ3n) is 4.81. The Morgan fingerprint density at radius 1 is 1.13 bits per heavy atom. The summed E-state index contributed by atoms with van der Waals surface area (Å²) >= 11 is 6.10. The number of nitrogens with one attached hydrogen (secondary N) is 1. The molecule has 0 atom stereocenters. The van der Waals surface area contributed by atoms with Crippen LogP contribution in [0.3, 0.4) is 0 Å². The second kappa shape index (κ2) is 8.53. The Morgan fingerprint density at radius 2 is 1.90 bits per heavy atom. The van der Waals surface area contributed by atoms with Crippen molar-refractivity contribution in [3.05, 3.63) is 98.0 Å². The molecule has 31 heavy (non-hydrogen) atoms. The number of fused-ring (bicyclic) bond motifs is 1. The fourth-order valence-corrected chi connectivity index (χ4v) is 3.36. The number of aryl methyl sites for hydroxylation is 1. The van der Waals surface area contributed by atoms with Crippen molar-refractivity contribution in [2.75, 3.05) is 5.32 Å². The number of rotatable bonds is 5. The molecule has 0 radical (unpaired) electrons. The maximum Gasteiger partial charge on any atom is 0.352 e. The van der Waals surface area contributed by atoms with Crippen molar-refractivity contribution in [1.82, 2.24) is 19.1 Å². The molecular formula is C22H18ClN5O3. The molecule has 1 aromatic carbocycles. The second-order valence-electron chi connectivity index (χ2n) is 7.03. The minimum Gasteiger partial charge on any atom is -0.324 e. The summed E-state index contributed by atoms with van der Waals surface area (Å²) in [5.74, 6) is -0.187. The van der Waals surface area contributed by atoms with Crippen molar-refractivity contribution in [2.24, 2.45) is 0 Å². The summed E-state index contributed by atoms with van der Waals surface area (Å²) in [6, 6.07) is 11.9. The first-order chi connectivity index (χ1) is 14.9. The molecule has 4 rings (SSSR count). The van der Waals surface area contributed by atoms with E-state index in [4.69, 9.17) is 11.6 Å². The molecule has 9 heteroatoms. The fraction of sp³-hybridized carbons (Fsp3) is 0.136. The van der Waals surface area contributed by atoms with Crippen LogP contribution in [0.5, 0.6) is 0 Å². The largest absolute Gasteiger partial charge is 0.352 e. The van der Waals surface area contributed by atoms with Gasteiger partial charge in [0.25, 0.3) is 5.56 Å². The molecule has 2 aliphatic heterocycles. The van der Waals surface area contributed by atoms with Crippen molar-refractivity contribution in [1.29, 1.82) is 0 Å². The van der Waals surface area contributed by atoms with E-state index in [0.29, 0.717) is 10.7 Å². The topological polar surface area (TPSA) is 98.9 Å². The maximum atomic E-state index is 12.9. The lowest BCUT2D eigenvalue weighted by Gasteiger charge is -2.15. The Balaban J connectivity index is 1.63. The number of hydrogen-bond donors (Lipinski definition) is 1. The number of benzene rings is 1. The predicted octanol–water partition coefficient (Wildman–Crippen LogP) is 2.55. The third kappa shape index (κ3) is 4.39. The highest BCUT2D eigenvalue weighted by Crippen LogP contribution is 2.20. The molecule has 0 saturated heterocycles. The number of carbonyl (C=O) groups excluding carboxylic acids is 1. The minimum atomic E-state index is -0.681. The maximum absolute atomic E-state index is 12.9. The highest BCUT2D eigenvalue weighted by Gasteiger charge is 2.18. The summed E-state index contributed by atoms with van der Waals surface area (Å²) in [5.41, 5.74) is 1.32. The zero-order valence-corrected chi connectivity index (χ0v) is 17.3. The van der Waals surface area contributed by atoms with Crippen molar-refractivity contribution in [2.45, 2.75) is 20.0 Å². The van der Waals surface area contributed by atoms with E-state index < -0.39 is 11.2 Å². The van der Waals surface area contributed by atoms with Gasteiger partial charge in [0.2, 0.25) is 5.91 Å². The van der Waals surface area contributed by atoms with Crippen LogP contribution in [-0.2, 0) is 17.9 Å². The van der Waals surface area contributed by atoms with E-state index in [1.54, 1.807) is 61.1 Å². The number of halogens is 1. The number of aromatic nitrogens is 4. The Labute approximate surface area is 182 Å². The molecule has 8 nitrogen and oxygen atoms in total. The van der Waals surface area contributed by atoms with E-state index in [9.17, 15) is 14.4 Å². The Bertz CT molecular complexity index is 1350. The van der Waals surface area contributed by atoms with Gasteiger partial charge in [-0.2, -0.15) is 4.98 Å². The van der Waals surface area contributed by atoms with E-state index in [0.717, 1.165) is 15.7 Å². The van der Waals surface area contributed by atoms with Crippen LogP contribution in [0.4, 0.5) is 5.69 Å². The standard InChI is InChI=1S/C22H18ClN5O3/c1-14-4-5-16(11-18(14)23)25-19(29)13-27-10-2-3-17-20(27)26-22(31)28(21(17)30)12-15-6-8-24-9-7-15/h2-11H,12-13H2,1H3,(H,25,29). The van der Waals surface area contributed by atoms with E-state index in [1.807, 2.05) is 6.92 Å². The van der Waals surface area contributed by atoms with Gasteiger partial charge in [-0.05, 0) is 54.4 Å². The lowest BCUT2D eigenvalue weighted by Crippen LogP contribution is -2.38. The van der Waals surface area contributed by atoms with Gasteiger partial charge < -0.3 is 9.88 Å². The fourth-order valence-electron chi connectivity index (χ4n) is 3.18. The Morgan fingerprint density at radius 3 is 2.65 bits per heavy atom. The van der Waals surface area contributed by atoms with Gasteiger partial charge >= 0.3 is 5.69 Å². The molecule has 0 fully saturated rings. The predicted molar refractivity (Wildman–Crippen MR) is 118 cm³/mol. The lowest BCUT2D eigenvalue weighted by atomic mass is 10.2. The normalized spacial score (nSPS) is 10.9. The van der Waals surface area contributed by atoms with Gasteiger partial charge in [-0.25, -0.2) is 4.79 Å². The van der Waals surface area contributed by atoms with Crippen LogP contribution in [0, 0.1) is 6.92 Å². The number of nitrogens with zero attached hydrogens (tertiary/aromatic N) is 4. The minimum absolute atomic E-state index is 0.0900. The van der Waals surface area contributed by atoms with Crippen LogP contribution in [0.2, 0.25) is 5.02 Å². The quantitative estimate of drug-likeness (QED) is 0.519. The van der Waals surface area contributed by atoms with Crippen molar-refractivity contribution >= 4 is 23.2 Å². The van der Waals surface area contributed by atoms with Crippen LogP contribution < -0.4 is 16.6 Å². The molecule has 0 aliphatic carbocycles. The Hall–Kier alpha value is -3.78. The smallest absolute Gasteiger partial charge is 0.324 e. The van der Waals surface area contributed by atoms with E-state index in [-0.39, 0.29) is 30.4 Å². The molecule has 2 aromatic rings. The van der Waals surface area contributed by atoms with Gasteiger partial charge in [-0.3, -0.25) is 19.1 Å². The molecule has 0 bridgehead atoms. The van der Waals surface area contributed by atoms with Crippen LogP contribution in [0.25, 0.3) is 11.4 Å². The molecule has 0 unspecified atom stereocenters. The molecule has 3 heterocycles. The zero-order valence-electron chi connectivity index (χ0n) is 16.6. The lowest BCUT2D eigenvalue weighted by molar-refractivity contribution is -0.116. The van der Waals surface area contributed by atoms with Crippen molar-refractivity contribution < 1.29 is 4.79 Å². The summed E-state index contributed by atoms with van der Waals surface area (Å²) in [5, 5.41) is 3.30. The molecule has 0 spiro atoms. The van der Waals surface area contributed by atoms with Crippen LogP contribution in [-0.4, -0.2) is 25.0 Å². The monoisotopic (exact) mass is 435 g/mol. The van der Waals surface area contributed by atoms with Crippen LogP contribution >= 0.6 is 11.6 Å². The first kappa shape index (κ1) is 20.5. The van der Waals surface area contributed by atoms with Gasteiger partial charge in [0.05, 0.1) is 12.1 Å². The van der Waals surface area contributed by atoms with E-state index in [1.165, 1.54) is 4.57 Å². The van der Waals surface area contributed by atoms with E-state index >= 15 is 0 Å². The third-order valence-corrected chi connectivity index (χ3v) is 5.22. The van der Waals surface area contributed by atoms with E-state index in [2.05, 4.69) is 15.3 Å². The van der Waals surface area contributed by atoms with Crippen LogP contribution in [0.15, 0.2) is 70.6 Å². The molecule has 1 aromatic heterocycles. The molecular weight excluding hydrogens is 418 g/mol. The summed E-state index contributed by atoms with van der Waals surface area (Å²) < 4.78 is 2.54. The summed E-state index contributed by atoms with van der Waals surface area (Å²) in [6.07, 6.45) is 4.78. The summed E-state index contributed by atoms with van der Waals surface area (Å²) in [4.78, 5) is 46.0. The summed E-state index contributed by atoms with van der Waals surface area (Å²) in [6.45, 7) is 1.84. The van der Waals surface area contributed by atoms with Crippen LogP contribution in [0.1, 0.15) is 11.1 Å². The average molecular weight is 436 g/mol. The molecule has 0 saturated carbocycles. The van der Waals surface area contributed by atoms with Gasteiger partial charge in [0, 0.05) is 29.3 Å². The van der Waals surface area contributed by atoms with Crippen molar-refractivity contribution in [3.8, 4) is 11.4 Å².